The molecule has 0 saturated heterocycles. The Morgan fingerprint density at radius 3 is 2.62 bits per heavy atom. The first-order valence-corrected chi connectivity index (χ1v) is 6.31. The Balaban J connectivity index is 1.95. The lowest BCUT2D eigenvalue weighted by Gasteiger charge is -2.16. The molecule has 1 heterocycles. The molecule has 1 aliphatic carbocycles. The van der Waals surface area contributed by atoms with E-state index in [9.17, 15) is 0 Å². The van der Waals surface area contributed by atoms with Crippen LogP contribution in [0.25, 0.3) is 0 Å². The smallest absolute Gasteiger partial charge is 0.145 e. The lowest BCUT2D eigenvalue weighted by atomic mass is 10.1. The molecule has 0 bridgehead atoms. The maximum absolute atomic E-state index is 4.42. The second-order valence-corrected chi connectivity index (χ2v) is 4.75. The molecule has 1 atom stereocenters. The molecule has 1 saturated carbocycles. The van der Waals surface area contributed by atoms with E-state index in [0.717, 1.165) is 23.9 Å². The molecule has 3 heteroatoms. The number of nitrogens with one attached hydrogen (secondary N) is 1. The van der Waals surface area contributed by atoms with Gasteiger partial charge < -0.3 is 5.32 Å². The van der Waals surface area contributed by atoms with Crippen molar-refractivity contribution in [3.63, 3.8) is 0 Å². The molecular formula is C13H21N3. The van der Waals surface area contributed by atoms with Gasteiger partial charge in [-0.15, -0.1) is 0 Å². The summed E-state index contributed by atoms with van der Waals surface area (Å²) in [5.41, 5.74) is 1.13. The molecule has 0 amide bonds. The predicted octanol–water partition coefficient (Wildman–Crippen LogP) is 2.63. The minimum atomic E-state index is 0.339. The van der Waals surface area contributed by atoms with Crippen molar-refractivity contribution < 1.29 is 0 Å². The Morgan fingerprint density at radius 2 is 2.06 bits per heavy atom. The summed E-state index contributed by atoms with van der Waals surface area (Å²) in [6.07, 6.45) is 9.14. The van der Waals surface area contributed by atoms with E-state index in [4.69, 9.17) is 0 Å². The number of aryl methyl sites for hydroxylation is 1. The standard InChI is InChI=1S/C13H21N3/c1-3-14-12(7-6-11-4-5-11)13-15-8-10(2)9-16-13/h8-9,11-12,14H,3-7H2,1-2H3. The van der Waals surface area contributed by atoms with Gasteiger partial charge in [-0.25, -0.2) is 9.97 Å². The fourth-order valence-corrected chi connectivity index (χ4v) is 1.96. The zero-order valence-corrected chi connectivity index (χ0v) is 10.2. The van der Waals surface area contributed by atoms with Crippen LogP contribution in [0.15, 0.2) is 12.4 Å². The van der Waals surface area contributed by atoms with Crippen molar-refractivity contribution >= 4 is 0 Å². The quantitative estimate of drug-likeness (QED) is 0.799. The van der Waals surface area contributed by atoms with Crippen LogP contribution in [0, 0.1) is 12.8 Å². The maximum Gasteiger partial charge on any atom is 0.145 e. The van der Waals surface area contributed by atoms with Crippen molar-refractivity contribution in [3.05, 3.63) is 23.8 Å². The van der Waals surface area contributed by atoms with Crippen molar-refractivity contribution in [3.8, 4) is 0 Å². The predicted molar refractivity (Wildman–Crippen MR) is 65.1 cm³/mol. The average Bonchev–Trinajstić information content (AvgIpc) is 3.09. The van der Waals surface area contributed by atoms with Crippen LogP contribution < -0.4 is 5.32 Å². The van der Waals surface area contributed by atoms with Gasteiger partial charge in [-0.05, 0) is 37.8 Å². The maximum atomic E-state index is 4.42. The van der Waals surface area contributed by atoms with Gasteiger partial charge in [0.1, 0.15) is 5.82 Å². The Bertz CT molecular complexity index is 316. The summed E-state index contributed by atoms with van der Waals surface area (Å²) in [5, 5.41) is 3.48. The molecule has 88 valence electrons. The molecular weight excluding hydrogens is 198 g/mol. The van der Waals surface area contributed by atoms with Gasteiger partial charge in [0.15, 0.2) is 0 Å². The molecule has 1 aromatic heterocycles. The van der Waals surface area contributed by atoms with Crippen LogP contribution in [-0.4, -0.2) is 16.5 Å². The zero-order valence-electron chi connectivity index (χ0n) is 10.2. The molecule has 1 unspecified atom stereocenters. The molecule has 0 radical (unpaired) electrons. The first-order valence-electron chi connectivity index (χ1n) is 6.31. The van der Waals surface area contributed by atoms with E-state index < -0.39 is 0 Å². The lowest BCUT2D eigenvalue weighted by Crippen LogP contribution is -2.23. The summed E-state index contributed by atoms with van der Waals surface area (Å²) < 4.78 is 0. The first kappa shape index (κ1) is 11.5. The third kappa shape index (κ3) is 3.27. The van der Waals surface area contributed by atoms with E-state index in [1.807, 2.05) is 19.3 Å². The Labute approximate surface area is 97.7 Å². The van der Waals surface area contributed by atoms with Crippen molar-refractivity contribution in [1.29, 1.82) is 0 Å². The number of hydrogen-bond acceptors (Lipinski definition) is 3. The van der Waals surface area contributed by atoms with E-state index in [-0.39, 0.29) is 0 Å². The second-order valence-electron chi connectivity index (χ2n) is 4.75. The Morgan fingerprint density at radius 1 is 1.38 bits per heavy atom. The third-order valence-corrected chi connectivity index (χ3v) is 3.12. The molecule has 1 aliphatic rings. The first-order chi connectivity index (χ1) is 7.79. The highest BCUT2D eigenvalue weighted by Gasteiger charge is 2.23. The summed E-state index contributed by atoms with van der Waals surface area (Å²) in [4.78, 5) is 8.84. The van der Waals surface area contributed by atoms with Gasteiger partial charge in [0.2, 0.25) is 0 Å². The molecule has 3 nitrogen and oxygen atoms in total. The fourth-order valence-electron chi connectivity index (χ4n) is 1.96. The number of nitrogens with zero attached hydrogens (tertiary/aromatic N) is 2. The number of aromatic nitrogens is 2. The normalized spacial score (nSPS) is 17.4. The van der Waals surface area contributed by atoms with Gasteiger partial charge in [-0.1, -0.05) is 19.8 Å². The lowest BCUT2D eigenvalue weighted by molar-refractivity contribution is 0.461. The molecule has 1 aromatic rings. The minimum Gasteiger partial charge on any atom is -0.308 e. The van der Waals surface area contributed by atoms with Gasteiger partial charge in [-0.3, -0.25) is 0 Å². The number of rotatable bonds is 6. The van der Waals surface area contributed by atoms with E-state index in [1.54, 1.807) is 0 Å². The van der Waals surface area contributed by atoms with Gasteiger partial charge >= 0.3 is 0 Å². The average molecular weight is 219 g/mol. The summed E-state index contributed by atoms with van der Waals surface area (Å²) in [6.45, 7) is 5.14. The van der Waals surface area contributed by atoms with E-state index >= 15 is 0 Å². The Kier molecular flexibility index (Phi) is 3.88. The molecule has 2 rings (SSSR count). The molecule has 16 heavy (non-hydrogen) atoms. The van der Waals surface area contributed by atoms with Gasteiger partial charge in [0, 0.05) is 12.4 Å². The topological polar surface area (TPSA) is 37.8 Å². The SMILES string of the molecule is CCNC(CCC1CC1)c1ncc(C)cn1. The summed E-state index contributed by atoms with van der Waals surface area (Å²) in [7, 11) is 0. The van der Waals surface area contributed by atoms with E-state index in [1.165, 1.54) is 25.7 Å². The highest BCUT2D eigenvalue weighted by Crippen LogP contribution is 2.35. The van der Waals surface area contributed by atoms with Crippen molar-refractivity contribution in [2.24, 2.45) is 5.92 Å². The Hall–Kier alpha value is -0.960. The second kappa shape index (κ2) is 5.39. The third-order valence-electron chi connectivity index (χ3n) is 3.12. The molecule has 1 N–H and O–H groups in total. The molecule has 0 aromatic carbocycles. The van der Waals surface area contributed by atoms with Crippen LogP contribution in [0.2, 0.25) is 0 Å². The fraction of sp³-hybridized carbons (Fsp3) is 0.692. The zero-order chi connectivity index (χ0) is 11.4. The highest BCUT2D eigenvalue weighted by atomic mass is 15.0. The van der Waals surface area contributed by atoms with Crippen LogP contribution in [0.3, 0.4) is 0 Å². The molecule has 0 aliphatic heterocycles. The summed E-state index contributed by atoms with van der Waals surface area (Å²) in [6, 6.07) is 0.339. The molecule has 0 spiro atoms. The molecule has 1 fully saturated rings. The monoisotopic (exact) mass is 219 g/mol. The van der Waals surface area contributed by atoms with E-state index in [0.29, 0.717) is 6.04 Å². The van der Waals surface area contributed by atoms with Crippen molar-refractivity contribution in [2.45, 2.75) is 45.6 Å². The highest BCUT2D eigenvalue weighted by molar-refractivity contribution is 5.04. The van der Waals surface area contributed by atoms with Gasteiger partial charge in [-0.2, -0.15) is 0 Å². The van der Waals surface area contributed by atoms with Crippen LogP contribution in [0.1, 0.15) is 50.0 Å². The van der Waals surface area contributed by atoms with Crippen LogP contribution in [-0.2, 0) is 0 Å². The van der Waals surface area contributed by atoms with Crippen LogP contribution in [0.5, 0.6) is 0 Å². The largest absolute Gasteiger partial charge is 0.308 e. The van der Waals surface area contributed by atoms with Crippen LogP contribution in [0.4, 0.5) is 0 Å². The van der Waals surface area contributed by atoms with Crippen molar-refractivity contribution in [1.82, 2.24) is 15.3 Å². The van der Waals surface area contributed by atoms with Crippen molar-refractivity contribution in [2.75, 3.05) is 6.54 Å². The van der Waals surface area contributed by atoms with Gasteiger partial charge in [0.25, 0.3) is 0 Å². The number of hydrogen-bond donors (Lipinski definition) is 1. The summed E-state index contributed by atoms with van der Waals surface area (Å²) in [5.74, 6) is 1.93. The minimum absolute atomic E-state index is 0.339. The van der Waals surface area contributed by atoms with Gasteiger partial charge in [0.05, 0.1) is 6.04 Å². The summed E-state index contributed by atoms with van der Waals surface area (Å²) >= 11 is 0. The van der Waals surface area contributed by atoms with E-state index in [2.05, 4.69) is 22.2 Å². The van der Waals surface area contributed by atoms with Crippen LogP contribution >= 0.6 is 0 Å².